The van der Waals surface area contributed by atoms with E-state index >= 15 is 0 Å². The monoisotopic (exact) mass is 136 g/mol. The summed E-state index contributed by atoms with van der Waals surface area (Å²) in [5.74, 6) is 0. The SMILES string of the molecule is CC(C)P(C)(C)(C)O. The molecular formula is C6H17OP. The second-order valence-corrected chi connectivity index (χ2v) is 10.6. The molecule has 0 aromatic carbocycles. The molecule has 0 saturated carbocycles. The molecule has 2 heteroatoms. The Morgan fingerprint density at radius 1 is 1.12 bits per heavy atom. The maximum atomic E-state index is 9.69. The summed E-state index contributed by atoms with van der Waals surface area (Å²) in [6.07, 6.45) is 0. The molecule has 0 atom stereocenters. The van der Waals surface area contributed by atoms with Crippen molar-refractivity contribution in [2.45, 2.75) is 19.5 Å². The van der Waals surface area contributed by atoms with Crippen LogP contribution in [0.25, 0.3) is 0 Å². The van der Waals surface area contributed by atoms with E-state index in [1.807, 2.05) is 20.0 Å². The zero-order chi connectivity index (χ0) is 7.02. The Morgan fingerprint density at radius 3 is 1.25 bits per heavy atom. The summed E-state index contributed by atoms with van der Waals surface area (Å²) in [6.45, 7) is 7.86. The molecule has 52 valence electrons. The second-order valence-electron chi connectivity index (χ2n) is 3.93. The molecule has 0 aromatic rings. The Labute approximate surface area is 52.1 Å². The normalized spacial score (nSPS) is 18.1. The van der Waals surface area contributed by atoms with Gasteiger partial charge in [0.1, 0.15) is 0 Å². The van der Waals surface area contributed by atoms with Crippen LogP contribution in [0.5, 0.6) is 0 Å². The van der Waals surface area contributed by atoms with Gasteiger partial charge in [-0.1, -0.05) is 0 Å². The average molecular weight is 136 g/mol. The zero-order valence-electron chi connectivity index (χ0n) is 6.47. The van der Waals surface area contributed by atoms with E-state index in [4.69, 9.17) is 0 Å². The predicted octanol–water partition coefficient (Wildman–Crippen LogP) is 1.74. The fraction of sp³-hybridized carbons (Fsp3) is 1.00. The van der Waals surface area contributed by atoms with Gasteiger partial charge in [0.2, 0.25) is 0 Å². The van der Waals surface area contributed by atoms with Gasteiger partial charge in [-0.05, 0) is 0 Å². The summed E-state index contributed by atoms with van der Waals surface area (Å²) < 4.78 is 0. The van der Waals surface area contributed by atoms with Crippen molar-refractivity contribution in [2.75, 3.05) is 20.0 Å². The van der Waals surface area contributed by atoms with Gasteiger partial charge in [-0.25, -0.2) is 0 Å². The van der Waals surface area contributed by atoms with Gasteiger partial charge in [-0.15, -0.1) is 0 Å². The minimum atomic E-state index is -2.18. The van der Waals surface area contributed by atoms with E-state index in [1.54, 1.807) is 0 Å². The molecule has 0 unspecified atom stereocenters. The van der Waals surface area contributed by atoms with Crippen LogP contribution in [-0.2, 0) is 0 Å². The quantitative estimate of drug-likeness (QED) is 0.544. The second kappa shape index (κ2) is 1.68. The molecule has 0 saturated heterocycles. The summed E-state index contributed by atoms with van der Waals surface area (Å²) in [4.78, 5) is 9.69. The topological polar surface area (TPSA) is 20.2 Å². The van der Waals surface area contributed by atoms with Crippen LogP contribution in [0.2, 0.25) is 0 Å². The van der Waals surface area contributed by atoms with Crippen molar-refractivity contribution in [3.63, 3.8) is 0 Å². The third-order valence-electron chi connectivity index (χ3n) is 1.78. The van der Waals surface area contributed by atoms with E-state index < -0.39 is 6.83 Å². The minimum absolute atomic E-state index is 0.431. The molecule has 1 nitrogen and oxygen atoms in total. The van der Waals surface area contributed by atoms with Gasteiger partial charge in [-0.3, -0.25) is 0 Å². The molecule has 1 N–H and O–H groups in total. The number of hydrogen-bond donors (Lipinski definition) is 1. The molecule has 0 aromatic heterocycles. The molecule has 0 aliphatic carbocycles. The molecule has 0 radical (unpaired) electrons. The van der Waals surface area contributed by atoms with E-state index in [-0.39, 0.29) is 0 Å². The van der Waals surface area contributed by atoms with Gasteiger partial charge < -0.3 is 0 Å². The number of rotatable bonds is 1. The van der Waals surface area contributed by atoms with Gasteiger partial charge in [0.15, 0.2) is 0 Å². The van der Waals surface area contributed by atoms with E-state index in [9.17, 15) is 4.89 Å². The summed E-state index contributed by atoms with van der Waals surface area (Å²) in [5.41, 5.74) is 0.431. The van der Waals surface area contributed by atoms with Crippen molar-refractivity contribution >= 4 is 6.83 Å². The van der Waals surface area contributed by atoms with Gasteiger partial charge >= 0.3 is 51.2 Å². The van der Waals surface area contributed by atoms with E-state index in [1.165, 1.54) is 0 Å². The van der Waals surface area contributed by atoms with Crippen molar-refractivity contribution in [2.24, 2.45) is 0 Å². The Hall–Kier alpha value is 0.390. The first kappa shape index (κ1) is 8.39. The van der Waals surface area contributed by atoms with Crippen molar-refractivity contribution in [3.8, 4) is 0 Å². The molecule has 0 amide bonds. The first-order chi connectivity index (χ1) is 3.20. The molecule has 0 aliphatic heterocycles. The molecule has 0 rings (SSSR count). The van der Waals surface area contributed by atoms with Crippen LogP contribution in [0, 0.1) is 0 Å². The Balaban J connectivity index is 4.14. The van der Waals surface area contributed by atoms with Crippen LogP contribution in [0.4, 0.5) is 0 Å². The molecule has 0 heterocycles. The molecule has 0 aliphatic rings. The standard InChI is InChI=1S/C6H17OP/c1-6(2)8(3,4,5)7/h6-7H,1-5H3. The van der Waals surface area contributed by atoms with Crippen LogP contribution in [0.3, 0.4) is 0 Å². The third kappa shape index (κ3) is 2.64. The predicted molar refractivity (Wildman–Crippen MR) is 42.0 cm³/mol. The Kier molecular flexibility index (Phi) is 1.77. The fourth-order valence-corrected chi connectivity index (χ4v) is 0. The third-order valence-corrected chi connectivity index (χ3v) is 5.34. The first-order valence-electron chi connectivity index (χ1n) is 2.95. The van der Waals surface area contributed by atoms with Gasteiger partial charge in [-0.2, -0.15) is 0 Å². The maximum absolute atomic E-state index is 9.69. The Morgan fingerprint density at radius 2 is 1.25 bits per heavy atom. The molecule has 0 bridgehead atoms. The fourth-order valence-electron chi connectivity index (χ4n) is 0. The summed E-state index contributed by atoms with van der Waals surface area (Å²) >= 11 is 0. The van der Waals surface area contributed by atoms with Crippen LogP contribution in [0.1, 0.15) is 13.8 Å². The molecular weight excluding hydrogens is 119 g/mol. The molecule has 0 fully saturated rings. The van der Waals surface area contributed by atoms with Crippen LogP contribution < -0.4 is 0 Å². The van der Waals surface area contributed by atoms with Crippen LogP contribution in [-0.4, -0.2) is 30.5 Å². The first-order valence-corrected chi connectivity index (χ1v) is 6.55. The van der Waals surface area contributed by atoms with E-state index in [0.29, 0.717) is 5.66 Å². The van der Waals surface area contributed by atoms with Crippen molar-refractivity contribution < 1.29 is 4.89 Å². The van der Waals surface area contributed by atoms with Crippen molar-refractivity contribution in [1.29, 1.82) is 0 Å². The van der Waals surface area contributed by atoms with Gasteiger partial charge in [0.25, 0.3) is 0 Å². The Bertz CT molecular complexity index is 79.2. The molecule has 0 spiro atoms. The van der Waals surface area contributed by atoms with E-state index in [0.717, 1.165) is 0 Å². The average Bonchev–Trinajstić information content (AvgIpc) is 1.27. The van der Waals surface area contributed by atoms with Gasteiger partial charge in [0.05, 0.1) is 0 Å². The van der Waals surface area contributed by atoms with Crippen LogP contribution in [0.15, 0.2) is 0 Å². The van der Waals surface area contributed by atoms with Crippen molar-refractivity contribution in [3.05, 3.63) is 0 Å². The van der Waals surface area contributed by atoms with Crippen LogP contribution >= 0.6 is 6.83 Å². The van der Waals surface area contributed by atoms with Gasteiger partial charge in [0, 0.05) is 0 Å². The summed E-state index contributed by atoms with van der Waals surface area (Å²) in [6, 6.07) is 0. The zero-order valence-corrected chi connectivity index (χ0v) is 7.37. The van der Waals surface area contributed by atoms with Crippen molar-refractivity contribution in [1.82, 2.24) is 0 Å². The molecule has 8 heavy (non-hydrogen) atoms. The number of hydrogen-bond acceptors (Lipinski definition) is 1. The van der Waals surface area contributed by atoms with E-state index in [2.05, 4.69) is 13.8 Å². The summed E-state index contributed by atoms with van der Waals surface area (Å²) in [7, 11) is 0. The summed E-state index contributed by atoms with van der Waals surface area (Å²) in [5, 5.41) is 0.